The molecule has 1 aromatic carbocycles. The molecule has 0 fully saturated rings. The summed E-state index contributed by atoms with van der Waals surface area (Å²) in [4.78, 5) is 39.5. The van der Waals surface area contributed by atoms with Crippen LogP contribution in [-0.4, -0.2) is 29.1 Å². The molecule has 4 rings (SSSR count). The van der Waals surface area contributed by atoms with Crippen molar-refractivity contribution in [1.29, 1.82) is 0 Å². The number of unbranched alkanes of at least 4 members (excludes halogenated alkanes) is 1. The van der Waals surface area contributed by atoms with Crippen LogP contribution >= 0.6 is 11.8 Å². The first-order valence-corrected chi connectivity index (χ1v) is 11.2. The van der Waals surface area contributed by atoms with Crippen molar-refractivity contribution in [1.82, 2.24) is 29.1 Å². The molecule has 10 heteroatoms. The zero-order valence-electron chi connectivity index (χ0n) is 17.3. The molecular formula is C21H23FN6O2S. The van der Waals surface area contributed by atoms with E-state index >= 15 is 0 Å². The van der Waals surface area contributed by atoms with Crippen molar-refractivity contribution in [2.45, 2.75) is 50.7 Å². The molecule has 31 heavy (non-hydrogen) atoms. The van der Waals surface area contributed by atoms with Gasteiger partial charge in [0.2, 0.25) is 0 Å². The number of aryl methyl sites for hydroxylation is 2. The topological polar surface area (TPSA) is 101 Å². The average Bonchev–Trinajstić information content (AvgIpc) is 3.37. The van der Waals surface area contributed by atoms with Gasteiger partial charge >= 0.3 is 5.69 Å². The van der Waals surface area contributed by atoms with Gasteiger partial charge in [0.1, 0.15) is 11.6 Å². The molecule has 8 nitrogen and oxygen atoms in total. The number of thioether (sulfide) groups is 1. The first-order chi connectivity index (χ1) is 15.0. The zero-order chi connectivity index (χ0) is 22.0. The van der Waals surface area contributed by atoms with E-state index in [4.69, 9.17) is 0 Å². The van der Waals surface area contributed by atoms with Crippen LogP contribution in [0.5, 0.6) is 0 Å². The Morgan fingerprint density at radius 3 is 2.58 bits per heavy atom. The lowest BCUT2D eigenvalue weighted by atomic mass is 10.2. The summed E-state index contributed by atoms with van der Waals surface area (Å²) in [7, 11) is 0. The minimum Gasteiger partial charge on any atom is -0.333 e. The van der Waals surface area contributed by atoms with E-state index in [-0.39, 0.29) is 5.82 Å². The smallest absolute Gasteiger partial charge is 0.330 e. The molecule has 2 N–H and O–H groups in total. The highest BCUT2D eigenvalue weighted by atomic mass is 32.2. The Morgan fingerprint density at radius 1 is 1.10 bits per heavy atom. The maximum Gasteiger partial charge on any atom is 0.330 e. The van der Waals surface area contributed by atoms with Gasteiger partial charge in [0.25, 0.3) is 5.56 Å². The zero-order valence-corrected chi connectivity index (χ0v) is 18.1. The van der Waals surface area contributed by atoms with Crippen LogP contribution in [-0.2, 0) is 18.8 Å². The van der Waals surface area contributed by atoms with Gasteiger partial charge < -0.3 is 9.55 Å². The third-order valence-corrected chi connectivity index (χ3v) is 5.95. The summed E-state index contributed by atoms with van der Waals surface area (Å²) in [6, 6.07) is 6.19. The second-order valence-electron chi connectivity index (χ2n) is 7.11. The van der Waals surface area contributed by atoms with Crippen molar-refractivity contribution in [3.8, 4) is 11.3 Å². The van der Waals surface area contributed by atoms with Crippen LogP contribution < -0.4 is 11.2 Å². The number of aromatic amines is 2. The number of hydrogen-bond donors (Lipinski definition) is 2. The van der Waals surface area contributed by atoms with Crippen LogP contribution in [0.2, 0.25) is 0 Å². The highest BCUT2D eigenvalue weighted by Crippen LogP contribution is 2.25. The third-order valence-electron chi connectivity index (χ3n) is 5.06. The summed E-state index contributed by atoms with van der Waals surface area (Å²) in [5.41, 5.74) is 1.62. The maximum atomic E-state index is 13.1. The van der Waals surface area contributed by atoms with Gasteiger partial charge in [-0.3, -0.25) is 14.3 Å². The standard InChI is InChI=1S/C21H23FN6O2S/c1-3-5-10-28-18-17(19(29)26-21(28)30)27(4-2)16(25-18)12-31-20-23-11-15(24-20)13-6-8-14(22)9-7-13/h6-9,11H,3-5,10,12H2,1-2H3,(H,23,24)(H,26,29,30). The monoisotopic (exact) mass is 442 g/mol. The van der Waals surface area contributed by atoms with Crippen molar-refractivity contribution < 1.29 is 4.39 Å². The van der Waals surface area contributed by atoms with Gasteiger partial charge in [-0.05, 0) is 43.2 Å². The Balaban J connectivity index is 1.63. The highest BCUT2D eigenvalue weighted by Gasteiger charge is 2.18. The van der Waals surface area contributed by atoms with E-state index in [9.17, 15) is 14.0 Å². The lowest BCUT2D eigenvalue weighted by Gasteiger charge is -2.06. The number of benzene rings is 1. The first kappa shape index (κ1) is 21.1. The van der Waals surface area contributed by atoms with Gasteiger partial charge in [0.15, 0.2) is 16.3 Å². The SMILES string of the molecule is CCCCn1c(=O)[nH]c(=O)c2c1nc(CSc1ncc(-c3ccc(F)cc3)[nH]1)n2CC. The van der Waals surface area contributed by atoms with Gasteiger partial charge in [-0.2, -0.15) is 0 Å². The molecule has 0 amide bonds. The molecule has 0 saturated carbocycles. The number of aromatic nitrogens is 6. The molecule has 162 valence electrons. The van der Waals surface area contributed by atoms with E-state index in [1.807, 2.05) is 18.4 Å². The summed E-state index contributed by atoms with van der Waals surface area (Å²) < 4.78 is 16.5. The van der Waals surface area contributed by atoms with E-state index in [1.54, 1.807) is 22.9 Å². The minimum atomic E-state index is -0.430. The van der Waals surface area contributed by atoms with Crippen molar-refractivity contribution in [3.63, 3.8) is 0 Å². The molecule has 0 atom stereocenters. The predicted molar refractivity (Wildman–Crippen MR) is 119 cm³/mol. The Labute approximate surface area is 181 Å². The van der Waals surface area contributed by atoms with Gasteiger partial charge in [0, 0.05) is 13.1 Å². The molecule has 3 heterocycles. The fourth-order valence-corrected chi connectivity index (χ4v) is 4.27. The van der Waals surface area contributed by atoms with E-state index in [0.29, 0.717) is 41.0 Å². The Kier molecular flexibility index (Phi) is 6.08. The molecule has 0 bridgehead atoms. The number of halogens is 1. The highest BCUT2D eigenvalue weighted by molar-refractivity contribution is 7.98. The average molecular weight is 443 g/mol. The van der Waals surface area contributed by atoms with Crippen LogP contribution in [0.4, 0.5) is 4.39 Å². The first-order valence-electron chi connectivity index (χ1n) is 10.2. The summed E-state index contributed by atoms with van der Waals surface area (Å²) in [6.07, 6.45) is 3.45. The molecular weight excluding hydrogens is 419 g/mol. The minimum absolute atomic E-state index is 0.288. The van der Waals surface area contributed by atoms with E-state index in [2.05, 4.69) is 19.9 Å². The van der Waals surface area contributed by atoms with Gasteiger partial charge in [-0.15, -0.1) is 0 Å². The van der Waals surface area contributed by atoms with Crippen LogP contribution in [0.1, 0.15) is 32.5 Å². The van der Waals surface area contributed by atoms with Gasteiger partial charge in [-0.25, -0.2) is 19.2 Å². The molecule has 0 aliphatic heterocycles. The number of H-pyrrole nitrogens is 2. The number of imidazole rings is 2. The van der Waals surface area contributed by atoms with Crippen LogP contribution in [0, 0.1) is 5.82 Å². The van der Waals surface area contributed by atoms with Gasteiger partial charge in [0.05, 0.1) is 17.6 Å². The molecule has 0 spiro atoms. The number of nitrogens with zero attached hydrogens (tertiary/aromatic N) is 4. The number of hydrogen-bond acceptors (Lipinski definition) is 5. The second-order valence-corrected chi connectivity index (χ2v) is 8.07. The lowest BCUT2D eigenvalue weighted by Crippen LogP contribution is -2.31. The van der Waals surface area contributed by atoms with Crippen molar-refractivity contribution in [2.75, 3.05) is 0 Å². The molecule has 4 aromatic rings. The number of nitrogens with one attached hydrogen (secondary N) is 2. The fraction of sp³-hybridized carbons (Fsp3) is 0.333. The lowest BCUT2D eigenvalue weighted by molar-refractivity contribution is 0.613. The molecule has 3 aromatic heterocycles. The van der Waals surface area contributed by atoms with E-state index < -0.39 is 11.2 Å². The van der Waals surface area contributed by atoms with Crippen molar-refractivity contribution in [2.24, 2.45) is 0 Å². The summed E-state index contributed by atoms with van der Waals surface area (Å²) in [5.74, 6) is 0.882. The largest absolute Gasteiger partial charge is 0.333 e. The van der Waals surface area contributed by atoms with Gasteiger partial charge in [-0.1, -0.05) is 25.1 Å². The summed E-state index contributed by atoms with van der Waals surface area (Å²) in [6.45, 7) is 5.05. The Bertz CT molecular complexity index is 1320. The second kappa shape index (κ2) is 8.93. The van der Waals surface area contributed by atoms with Crippen molar-refractivity contribution in [3.05, 3.63) is 62.9 Å². The quantitative estimate of drug-likeness (QED) is 0.407. The number of fused-ring (bicyclic) bond motifs is 1. The molecule has 0 aliphatic carbocycles. The predicted octanol–water partition coefficient (Wildman–Crippen LogP) is 3.53. The van der Waals surface area contributed by atoms with E-state index in [0.717, 1.165) is 24.1 Å². The van der Waals surface area contributed by atoms with Crippen LogP contribution in [0.25, 0.3) is 22.4 Å². The summed E-state index contributed by atoms with van der Waals surface area (Å²) >= 11 is 1.45. The summed E-state index contributed by atoms with van der Waals surface area (Å²) in [5, 5.41) is 0.686. The van der Waals surface area contributed by atoms with Crippen LogP contribution in [0.15, 0.2) is 45.2 Å². The molecule has 0 radical (unpaired) electrons. The Morgan fingerprint density at radius 2 is 1.87 bits per heavy atom. The molecule has 0 saturated heterocycles. The van der Waals surface area contributed by atoms with E-state index in [1.165, 1.54) is 23.9 Å². The fourth-order valence-electron chi connectivity index (χ4n) is 3.48. The maximum absolute atomic E-state index is 13.1. The van der Waals surface area contributed by atoms with Crippen LogP contribution in [0.3, 0.4) is 0 Å². The van der Waals surface area contributed by atoms with Crippen molar-refractivity contribution >= 4 is 22.9 Å². The normalized spacial score (nSPS) is 11.5. The Hall–Kier alpha value is -3.14. The molecule has 0 unspecified atom stereocenters. The third kappa shape index (κ3) is 4.20. The number of rotatable bonds is 8. The molecule has 0 aliphatic rings.